The summed E-state index contributed by atoms with van der Waals surface area (Å²) in [5.74, 6) is -1.08. The zero-order chi connectivity index (χ0) is 25.7. The van der Waals surface area contributed by atoms with E-state index in [9.17, 15) is 4.39 Å². The van der Waals surface area contributed by atoms with Crippen LogP contribution in [0.15, 0.2) is 30.3 Å². The SMILES string of the molecule is Cc1ccc2c(c1)C[C@@H](C)N(CC(C)(C)F)C2c1c(F)cc(N2CCC3(CCCNCC3)C2)cc1F. The van der Waals surface area contributed by atoms with Gasteiger partial charge in [0.2, 0.25) is 0 Å². The first kappa shape index (κ1) is 25.6. The number of anilines is 1. The first-order chi connectivity index (χ1) is 17.1. The van der Waals surface area contributed by atoms with E-state index in [2.05, 4.69) is 16.3 Å². The summed E-state index contributed by atoms with van der Waals surface area (Å²) in [6.45, 7) is 10.9. The second kappa shape index (κ2) is 9.68. The summed E-state index contributed by atoms with van der Waals surface area (Å²) in [6, 6.07) is 8.38. The molecule has 196 valence electrons. The predicted molar refractivity (Wildman–Crippen MR) is 140 cm³/mol. The van der Waals surface area contributed by atoms with Gasteiger partial charge in [0.05, 0.1) is 6.04 Å². The Morgan fingerprint density at radius 2 is 1.81 bits per heavy atom. The van der Waals surface area contributed by atoms with Gasteiger partial charge < -0.3 is 10.2 Å². The Labute approximate surface area is 214 Å². The molecule has 0 amide bonds. The van der Waals surface area contributed by atoms with Crippen LogP contribution in [0.2, 0.25) is 0 Å². The van der Waals surface area contributed by atoms with E-state index in [1.54, 1.807) is 0 Å². The maximum Gasteiger partial charge on any atom is 0.133 e. The molecule has 1 spiro atoms. The highest BCUT2D eigenvalue weighted by Gasteiger charge is 2.41. The van der Waals surface area contributed by atoms with Crippen LogP contribution in [-0.2, 0) is 6.42 Å². The van der Waals surface area contributed by atoms with Gasteiger partial charge in [-0.1, -0.05) is 23.8 Å². The molecule has 6 heteroatoms. The molecule has 3 atom stereocenters. The number of aryl methyl sites for hydroxylation is 1. The van der Waals surface area contributed by atoms with Crippen LogP contribution in [0.4, 0.5) is 18.9 Å². The lowest BCUT2D eigenvalue weighted by Crippen LogP contribution is -2.48. The summed E-state index contributed by atoms with van der Waals surface area (Å²) in [6.07, 6.45) is 5.21. The molecule has 5 rings (SSSR count). The molecule has 0 aromatic heterocycles. The number of halogens is 3. The quantitative estimate of drug-likeness (QED) is 0.531. The van der Waals surface area contributed by atoms with Gasteiger partial charge in [0.25, 0.3) is 0 Å². The van der Waals surface area contributed by atoms with Gasteiger partial charge in [-0.3, -0.25) is 4.90 Å². The number of rotatable bonds is 4. The van der Waals surface area contributed by atoms with Crippen LogP contribution in [-0.4, -0.2) is 49.3 Å². The fraction of sp³-hybridized carbons (Fsp3) is 0.600. The third kappa shape index (κ3) is 5.04. The Morgan fingerprint density at radius 1 is 1.06 bits per heavy atom. The van der Waals surface area contributed by atoms with Crippen LogP contribution in [0.3, 0.4) is 0 Å². The number of nitrogens with zero attached hydrogens (tertiary/aromatic N) is 2. The van der Waals surface area contributed by atoms with Crippen LogP contribution in [0.25, 0.3) is 0 Å². The molecule has 0 saturated carbocycles. The average molecular weight is 500 g/mol. The number of hydrogen-bond donors (Lipinski definition) is 1. The minimum Gasteiger partial charge on any atom is -0.371 e. The highest BCUT2D eigenvalue weighted by atomic mass is 19.1. The summed E-state index contributed by atoms with van der Waals surface area (Å²) in [4.78, 5) is 4.10. The molecule has 2 aromatic rings. The van der Waals surface area contributed by atoms with E-state index in [-0.39, 0.29) is 23.6 Å². The summed E-state index contributed by atoms with van der Waals surface area (Å²) in [5, 5.41) is 3.48. The van der Waals surface area contributed by atoms with Crippen molar-refractivity contribution < 1.29 is 13.2 Å². The lowest BCUT2D eigenvalue weighted by Gasteiger charge is -2.44. The van der Waals surface area contributed by atoms with Crippen molar-refractivity contribution in [3.8, 4) is 0 Å². The summed E-state index contributed by atoms with van der Waals surface area (Å²) in [5.41, 5.74) is 2.48. The third-order valence-corrected chi connectivity index (χ3v) is 8.60. The largest absolute Gasteiger partial charge is 0.371 e. The van der Waals surface area contributed by atoms with E-state index in [0.717, 1.165) is 75.0 Å². The first-order valence-corrected chi connectivity index (χ1v) is 13.5. The zero-order valence-electron chi connectivity index (χ0n) is 22.1. The molecule has 2 aromatic carbocycles. The summed E-state index contributed by atoms with van der Waals surface area (Å²) in [7, 11) is 0. The minimum atomic E-state index is -1.49. The fourth-order valence-electron chi connectivity index (χ4n) is 6.82. The monoisotopic (exact) mass is 499 g/mol. The van der Waals surface area contributed by atoms with Crippen molar-refractivity contribution in [2.24, 2.45) is 5.41 Å². The first-order valence-electron chi connectivity index (χ1n) is 13.5. The normalized spacial score (nSPS) is 27.4. The maximum atomic E-state index is 16.0. The van der Waals surface area contributed by atoms with Gasteiger partial charge in [0.15, 0.2) is 0 Å². The van der Waals surface area contributed by atoms with Crippen molar-refractivity contribution in [2.75, 3.05) is 37.6 Å². The van der Waals surface area contributed by atoms with Crippen LogP contribution >= 0.6 is 0 Å². The van der Waals surface area contributed by atoms with Gasteiger partial charge in [-0.05, 0) is 102 Å². The number of fused-ring (bicyclic) bond motifs is 1. The number of benzene rings is 2. The van der Waals surface area contributed by atoms with Crippen LogP contribution in [0, 0.1) is 24.0 Å². The van der Waals surface area contributed by atoms with Crippen LogP contribution in [0.1, 0.15) is 74.8 Å². The van der Waals surface area contributed by atoms with Crippen LogP contribution < -0.4 is 10.2 Å². The van der Waals surface area contributed by atoms with Crippen molar-refractivity contribution >= 4 is 5.69 Å². The standard InChI is InChI=1S/C30H40F3N3/c1-20-6-7-24-22(14-20)15-21(2)36(18-29(3,4)33)28(24)27-25(31)16-23(17-26(27)32)35-13-10-30(19-35)8-5-11-34-12-9-30/h6-7,14,16-17,21,28,34H,5,8-13,15,18-19H2,1-4H3/t21-,28?,30?/m1/s1. The fourth-order valence-corrected chi connectivity index (χ4v) is 6.82. The molecule has 3 aliphatic heterocycles. The second-order valence-corrected chi connectivity index (χ2v) is 12.1. The van der Waals surface area contributed by atoms with E-state index in [1.165, 1.54) is 26.0 Å². The lowest BCUT2D eigenvalue weighted by molar-refractivity contribution is 0.0652. The molecular formula is C30H40F3N3. The molecule has 3 heterocycles. The molecule has 2 saturated heterocycles. The number of nitrogens with one attached hydrogen (secondary N) is 1. The minimum absolute atomic E-state index is 0.0345. The second-order valence-electron chi connectivity index (χ2n) is 12.1. The zero-order valence-corrected chi connectivity index (χ0v) is 22.1. The van der Waals surface area contributed by atoms with Crippen molar-refractivity contribution in [2.45, 2.75) is 77.6 Å². The Morgan fingerprint density at radius 3 is 2.53 bits per heavy atom. The van der Waals surface area contributed by atoms with E-state index in [4.69, 9.17) is 0 Å². The molecular weight excluding hydrogens is 459 g/mol. The molecule has 2 unspecified atom stereocenters. The third-order valence-electron chi connectivity index (χ3n) is 8.60. The lowest BCUT2D eigenvalue weighted by atomic mass is 9.80. The molecule has 0 bridgehead atoms. The summed E-state index contributed by atoms with van der Waals surface area (Å²) >= 11 is 0. The van der Waals surface area contributed by atoms with Gasteiger partial charge in [-0.15, -0.1) is 0 Å². The highest BCUT2D eigenvalue weighted by Crippen LogP contribution is 2.44. The average Bonchev–Trinajstić information content (AvgIpc) is 3.06. The van der Waals surface area contributed by atoms with E-state index in [1.807, 2.05) is 30.9 Å². The Kier molecular flexibility index (Phi) is 6.88. The summed E-state index contributed by atoms with van der Waals surface area (Å²) < 4.78 is 46.8. The van der Waals surface area contributed by atoms with Crippen molar-refractivity contribution in [1.29, 1.82) is 0 Å². The van der Waals surface area contributed by atoms with E-state index >= 15 is 8.78 Å². The van der Waals surface area contributed by atoms with Gasteiger partial charge in [0, 0.05) is 36.9 Å². The molecule has 3 nitrogen and oxygen atoms in total. The molecule has 0 aliphatic carbocycles. The number of hydrogen-bond acceptors (Lipinski definition) is 3. The van der Waals surface area contributed by atoms with Gasteiger partial charge in [-0.25, -0.2) is 13.2 Å². The topological polar surface area (TPSA) is 18.5 Å². The predicted octanol–water partition coefficient (Wildman–Crippen LogP) is 6.33. The highest BCUT2D eigenvalue weighted by molar-refractivity contribution is 5.53. The molecule has 3 aliphatic rings. The Hall–Kier alpha value is -2.05. The van der Waals surface area contributed by atoms with Crippen molar-refractivity contribution in [3.05, 3.63) is 64.2 Å². The van der Waals surface area contributed by atoms with Gasteiger partial charge >= 0.3 is 0 Å². The van der Waals surface area contributed by atoms with Gasteiger partial charge in [-0.2, -0.15) is 0 Å². The van der Waals surface area contributed by atoms with E-state index < -0.39 is 23.3 Å². The Balaban J connectivity index is 1.52. The van der Waals surface area contributed by atoms with Gasteiger partial charge in [0.1, 0.15) is 17.3 Å². The molecule has 1 N–H and O–H groups in total. The molecule has 0 radical (unpaired) electrons. The van der Waals surface area contributed by atoms with Crippen molar-refractivity contribution in [1.82, 2.24) is 10.2 Å². The van der Waals surface area contributed by atoms with Crippen LogP contribution in [0.5, 0.6) is 0 Å². The molecule has 2 fully saturated rings. The smallest absolute Gasteiger partial charge is 0.133 e. The Bertz CT molecular complexity index is 1080. The number of alkyl halides is 1. The van der Waals surface area contributed by atoms with E-state index in [0.29, 0.717) is 5.69 Å². The molecule has 36 heavy (non-hydrogen) atoms. The van der Waals surface area contributed by atoms with Crippen molar-refractivity contribution in [3.63, 3.8) is 0 Å². The maximum absolute atomic E-state index is 16.0.